The van der Waals surface area contributed by atoms with E-state index in [0.717, 1.165) is 16.9 Å². The molecule has 5 heteroatoms. The minimum atomic E-state index is -0.353. The average Bonchev–Trinajstić information content (AvgIpc) is 2.81. The van der Waals surface area contributed by atoms with Gasteiger partial charge >= 0.3 is 6.03 Å². The number of aliphatic hydroxyl groups excluding tert-OH is 1. The lowest BCUT2D eigenvalue weighted by molar-refractivity contribution is 0.159. The van der Waals surface area contributed by atoms with E-state index in [1.54, 1.807) is 0 Å². The molecule has 1 aliphatic heterocycles. The highest BCUT2D eigenvalue weighted by Crippen LogP contribution is 2.32. The fraction of sp³-hybridized carbons (Fsp3) is 0.533. The van der Waals surface area contributed by atoms with E-state index in [2.05, 4.69) is 10.6 Å². The molecule has 20 heavy (non-hydrogen) atoms. The zero-order valence-electron chi connectivity index (χ0n) is 12.0. The summed E-state index contributed by atoms with van der Waals surface area (Å²) in [6, 6.07) is 5.63. The quantitative estimate of drug-likeness (QED) is 0.770. The first-order chi connectivity index (χ1) is 9.60. The van der Waals surface area contributed by atoms with Gasteiger partial charge in [-0.3, -0.25) is 0 Å². The maximum Gasteiger partial charge on any atom is 0.315 e. The van der Waals surface area contributed by atoms with Crippen LogP contribution in [0, 0.1) is 6.92 Å². The Kier molecular flexibility index (Phi) is 4.84. The molecule has 2 rings (SSSR count). The van der Waals surface area contributed by atoms with Gasteiger partial charge in [0.1, 0.15) is 12.4 Å². The number of aliphatic hydroxyl groups is 1. The van der Waals surface area contributed by atoms with Crippen LogP contribution in [0.5, 0.6) is 5.75 Å². The van der Waals surface area contributed by atoms with Crippen molar-refractivity contribution in [3.8, 4) is 5.75 Å². The second kappa shape index (κ2) is 6.61. The maximum atomic E-state index is 11.8. The standard InChI is InChI=1S/C15H22N2O3/c1-3-11(18)6-7-16-15(19)17-13-9-20-14-5-4-10(2)8-12(13)14/h4-5,8,11,13,18H,3,6-7,9H2,1-2H3,(H2,16,17,19). The van der Waals surface area contributed by atoms with Crippen LogP contribution in [0.15, 0.2) is 18.2 Å². The molecule has 2 amide bonds. The molecule has 1 aromatic carbocycles. The number of ether oxygens (including phenoxy) is 1. The number of carbonyl (C=O) groups excluding carboxylic acids is 1. The summed E-state index contributed by atoms with van der Waals surface area (Å²) in [5.74, 6) is 0.835. The lowest BCUT2D eigenvalue weighted by Crippen LogP contribution is -2.39. The van der Waals surface area contributed by atoms with Gasteiger partial charge < -0.3 is 20.5 Å². The molecular weight excluding hydrogens is 256 g/mol. The highest BCUT2D eigenvalue weighted by molar-refractivity contribution is 5.74. The molecule has 2 unspecified atom stereocenters. The van der Waals surface area contributed by atoms with Crippen molar-refractivity contribution >= 4 is 6.03 Å². The average molecular weight is 278 g/mol. The summed E-state index contributed by atoms with van der Waals surface area (Å²) in [4.78, 5) is 11.8. The van der Waals surface area contributed by atoms with Crippen LogP contribution >= 0.6 is 0 Å². The second-order valence-electron chi connectivity index (χ2n) is 5.16. The molecule has 110 valence electrons. The Morgan fingerprint density at radius 1 is 1.55 bits per heavy atom. The van der Waals surface area contributed by atoms with Crippen molar-refractivity contribution in [3.63, 3.8) is 0 Å². The van der Waals surface area contributed by atoms with Gasteiger partial charge in [0.2, 0.25) is 0 Å². The van der Waals surface area contributed by atoms with E-state index in [4.69, 9.17) is 4.74 Å². The van der Waals surface area contributed by atoms with Crippen molar-refractivity contribution < 1.29 is 14.6 Å². The minimum absolute atomic E-state index is 0.110. The Hall–Kier alpha value is -1.75. The molecule has 2 atom stereocenters. The molecule has 0 spiro atoms. The topological polar surface area (TPSA) is 70.6 Å². The van der Waals surface area contributed by atoms with Crippen LogP contribution in [-0.2, 0) is 0 Å². The van der Waals surface area contributed by atoms with E-state index >= 15 is 0 Å². The first-order valence-corrected chi connectivity index (χ1v) is 7.06. The normalized spacial score (nSPS) is 18.1. The summed E-state index contributed by atoms with van der Waals surface area (Å²) in [6.07, 6.45) is 0.918. The summed E-state index contributed by atoms with van der Waals surface area (Å²) < 4.78 is 5.54. The molecule has 0 fully saturated rings. The van der Waals surface area contributed by atoms with E-state index in [9.17, 15) is 9.90 Å². The van der Waals surface area contributed by atoms with Gasteiger partial charge in [0.25, 0.3) is 0 Å². The molecule has 0 radical (unpaired) electrons. The Balaban J connectivity index is 1.83. The van der Waals surface area contributed by atoms with Gasteiger partial charge in [-0.2, -0.15) is 0 Å². The van der Waals surface area contributed by atoms with Crippen LogP contribution in [0.2, 0.25) is 0 Å². The molecule has 5 nitrogen and oxygen atoms in total. The van der Waals surface area contributed by atoms with Crippen molar-refractivity contribution in [2.24, 2.45) is 0 Å². The first kappa shape index (κ1) is 14.7. The smallest absolute Gasteiger partial charge is 0.315 e. The summed E-state index contributed by atoms with van der Waals surface area (Å²) in [6.45, 7) is 4.86. The predicted molar refractivity (Wildman–Crippen MR) is 76.9 cm³/mol. The molecule has 0 aromatic heterocycles. The largest absolute Gasteiger partial charge is 0.491 e. The maximum absolute atomic E-state index is 11.8. The fourth-order valence-electron chi connectivity index (χ4n) is 2.22. The van der Waals surface area contributed by atoms with E-state index in [-0.39, 0.29) is 18.2 Å². The van der Waals surface area contributed by atoms with Gasteiger partial charge in [0.15, 0.2) is 0 Å². The lowest BCUT2D eigenvalue weighted by Gasteiger charge is -2.14. The monoisotopic (exact) mass is 278 g/mol. The van der Waals surface area contributed by atoms with Gasteiger partial charge in [-0.05, 0) is 25.8 Å². The third kappa shape index (κ3) is 3.63. The number of rotatable bonds is 5. The highest BCUT2D eigenvalue weighted by Gasteiger charge is 2.25. The van der Waals surface area contributed by atoms with Crippen LogP contribution in [-0.4, -0.2) is 30.4 Å². The second-order valence-corrected chi connectivity index (χ2v) is 5.16. The number of benzene rings is 1. The van der Waals surface area contributed by atoms with Gasteiger partial charge in [-0.15, -0.1) is 0 Å². The van der Waals surface area contributed by atoms with Crippen LogP contribution in [0.25, 0.3) is 0 Å². The number of aryl methyl sites for hydroxylation is 1. The van der Waals surface area contributed by atoms with E-state index in [0.29, 0.717) is 26.0 Å². The zero-order valence-corrected chi connectivity index (χ0v) is 12.0. The lowest BCUT2D eigenvalue weighted by atomic mass is 10.1. The Labute approximate surface area is 119 Å². The molecular formula is C15H22N2O3. The van der Waals surface area contributed by atoms with E-state index < -0.39 is 0 Å². The zero-order chi connectivity index (χ0) is 14.5. The molecule has 0 bridgehead atoms. The fourth-order valence-corrected chi connectivity index (χ4v) is 2.22. The molecule has 1 aromatic rings. The van der Waals surface area contributed by atoms with Crippen molar-refractivity contribution in [2.45, 2.75) is 38.8 Å². The van der Waals surface area contributed by atoms with Gasteiger partial charge in [-0.1, -0.05) is 24.6 Å². The van der Waals surface area contributed by atoms with Crippen molar-refractivity contribution in [1.29, 1.82) is 0 Å². The minimum Gasteiger partial charge on any atom is -0.491 e. The van der Waals surface area contributed by atoms with Crippen LogP contribution in [0.4, 0.5) is 4.79 Å². The van der Waals surface area contributed by atoms with Gasteiger partial charge in [0.05, 0.1) is 12.1 Å². The molecule has 0 aliphatic carbocycles. The highest BCUT2D eigenvalue weighted by atomic mass is 16.5. The van der Waals surface area contributed by atoms with Crippen LogP contribution < -0.4 is 15.4 Å². The number of fused-ring (bicyclic) bond motifs is 1. The predicted octanol–water partition coefficient (Wildman–Crippen LogP) is 1.89. The summed E-state index contributed by atoms with van der Waals surface area (Å²) in [5, 5.41) is 15.1. The molecule has 1 heterocycles. The Morgan fingerprint density at radius 2 is 2.35 bits per heavy atom. The Bertz CT molecular complexity index is 476. The van der Waals surface area contributed by atoms with Crippen molar-refractivity contribution in [3.05, 3.63) is 29.3 Å². The van der Waals surface area contributed by atoms with Crippen molar-refractivity contribution in [1.82, 2.24) is 10.6 Å². The number of nitrogens with one attached hydrogen (secondary N) is 2. The summed E-state index contributed by atoms with van der Waals surface area (Å²) in [7, 11) is 0. The van der Waals surface area contributed by atoms with E-state index in [1.807, 2.05) is 32.0 Å². The van der Waals surface area contributed by atoms with Crippen molar-refractivity contribution in [2.75, 3.05) is 13.2 Å². The third-order valence-electron chi connectivity index (χ3n) is 3.49. The number of hydrogen-bond donors (Lipinski definition) is 3. The first-order valence-electron chi connectivity index (χ1n) is 7.06. The molecule has 0 saturated heterocycles. The number of urea groups is 1. The van der Waals surface area contributed by atoms with E-state index in [1.165, 1.54) is 0 Å². The molecule has 0 saturated carbocycles. The summed E-state index contributed by atoms with van der Waals surface area (Å²) in [5.41, 5.74) is 2.17. The number of hydrogen-bond acceptors (Lipinski definition) is 3. The third-order valence-corrected chi connectivity index (χ3v) is 3.49. The van der Waals surface area contributed by atoms with Crippen LogP contribution in [0.3, 0.4) is 0 Å². The Morgan fingerprint density at radius 3 is 3.10 bits per heavy atom. The number of carbonyl (C=O) groups is 1. The summed E-state index contributed by atoms with van der Waals surface area (Å²) >= 11 is 0. The molecule has 3 N–H and O–H groups in total. The number of amides is 2. The SMILES string of the molecule is CCC(O)CCNC(=O)NC1COc2ccc(C)cc21. The van der Waals surface area contributed by atoms with Crippen LogP contribution in [0.1, 0.15) is 36.9 Å². The molecule has 1 aliphatic rings. The van der Waals surface area contributed by atoms with Gasteiger partial charge in [-0.25, -0.2) is 4.79 Å². The van der Waals surface area contributed by atoms with Gasteiger partial charge in [0, 0.05) is 12.1 Å².